The topological polar surface area (TPSA) is 55.8 Å². The molecule has 0 aromatic heterocycles. The maximum atomic E-state index is 11.2. The number of hydrogen-bond donors (Lipinski definition) is 0. The Morgan fingerprint density at radius 2 is 1.22 bits per heavy atom. The minimum absolute atomic E-state index is 0. The molecule has 0 spiro atoms. The Hall–Kier alpha value is -0.581. The van der Waals surface area contributed by atoms with Gasteiger partial charge in [0.2, 0.25) is 0 Å². The van der Waals surface area contributed by atoms with E-state index in [1.54, 1.807) is 4.90 Å². The van der Waals surface area contributed by atoms with E-state index >= 15 is 0 Å². The molecule has 6 heteroatoms. The van der Waals surface area contributed by atoms with Crippen LogP contribution in [0.15, 0.2) is 0 Å². The number of carbonyl (C=O) groups excluding carboxylic acids is 2. The predicted octanol–water partition coefficient (Wildman–Crippen LogP) is 1.06. The molecule has 2 aliphatic rings. The van der Waals surface area contributed by atoms with Crippen LogP contribution in [-0.4, -0.2) is 50.7 Å². The molecule has 2 fully saturated rings. The second-order valence-corrected chi connectivity index (χ2v) is 4.55. The van der Waals surface area contributed by atoms with Gasteiger partial charge in [0.15, 0.2) is 0 Å². The zero-order valence-corrected chi connectivity index (χ0v) is 14.4. The molecule has 0 aromatic rings. The fourth-order valence-corrected chi connectivity index (χ4v) is 1.76. The summed E-state index contributed by atoms with van der Waals surface area (Å²) < 4.78 is 9.16. The molecule has 0 saturated heterocycles. The van der Waals surface area contributed by atoms with Gasteiger partial charge in [-0.25, -0.2) is 0 Å². The largest absolute Gasteiger partial charge is 2.00 e. The van der Waals surface area contributed by atoms with Gasteiger partial charge < -0.3 is 9.47 Å². The van der Waals surface area contributed by atoms with Crippen molar-refractivity contribution >= 4 is 11.9 Å². The molecule has 10 radical (unpaired) electrons. The van der Waals surface area contributed by atoms with E-state index in [1.165, 1.54) is 14.2 Å². The average molecular weight is 359 g/mol. The van der Waals surface area contributed by atoms with Gasteiger partial charge in [-0.1, -0.05) is 0 Å². The molecule has 2 saturated carbocycles. The van der Waals surface area contributed by atoms with Crippen LogP contribution in [0, 0.1) is 63.7 Å². The zero-order valence-electron chi connectivity index (χ0n) is 13.3. The van der Waals surface area contributed by atoms with Crippen LogP contribution in [0.5, 0.6) is 0 Å². The summed E-state index contributed by atoms with van der Waals surface area (Å²) in [6, 6.07) is 0. The third-order valence-electron chi connectivity index (χ3n) is 2.85. The van der Waals surface area contributed by atoms with Gasteiger partial charge >= 0.3 is 29.0 Å². The first-order valence-corrected chi connectivity index (χ1v) is 6.89. The fraction of sp³-hybridized carbons (Fsp3) is 0.294. The maximum absolute atomic E-state index is 11.2. The molecule has 0 aromatic carbocycles. The minimum Gasteiger partial charge on any atom is -0.468 e. The smallest absolute Gasteiger partial charge is 0.468 e. The molecule has 2 rings (SSSR count). The van der Waals surface area contributed by atoms with Gasteiger partial charge in [0, 0.05) is 6.54 Å². The second-order valence-electron chi connectivity index (χ2n) is 4.55. The van der Waals surface area contributed by atoms with Crippen molar-refractivity contribution in [3.63, 3.8) is 0 Å². The van der Waals surface area contributed by atoms with E-state index in [2.05, 4.69) is 9.47 Å². The van der Waals surface area contributed by atoms with Gasteiger partial charge in [-0.15, -0.1) is 0 Å². The molecule has 0 amide bonds. The average Bonchev–Trinajstić information content (AvgIpc) is 3.22. The van der Waals surface area contributed by atoms with Crippen LogP contribution in [0.3, 0.4) is 0 Å². The molecule has 0 bridgehead atoms. The van der Waals surface area contributed by atoms with E-state index < -0.39 is 0 Å². The van der Waals surface area contributed by atoms with Crippen LogP contribution in [0.25, 0.3) is 0 Å². The Labute approximate surface area is 150 Å². The summed E-state index contributed by atoms with van der Waals surface area (Å²) in [7, 11) is 2.64. The van der Waals surface area contributed by atoms with Crippen LogP contribution in [0.1, 0.15) is 0 Å². The number of esters is 2. The third kappa shape index (κ3) is 10.7. The van der Waals surface area contributed by atoms with Crippen molar-refractivity contribution in [3.05, 3.63) is 63.7 Å². The van der Waals surface area contributed by atoms with Gasteiger partial charge in [0.25, 0.3) is 0 Å². The van der Waals surface area contributed by atoms with Crippen LogP contribution in [0.4, 0.5) is 0 Å². The fourth-order valence-electron chi connectivity index (χ4n) is 1.76. The summed E-state index contributed by atoms with van der Waals surface area (Å²) in [6.07, 6.45) is 17.7. The van der Waals surface area contributed by atoms with Crippen LogP contribution in [-0.2, 0) is 36.1 Å². The van der Waals surface area contributed by atoms with Crippen molar-refractivity contribution in [3.8, 4) is 0 Å². The predicted molar refractivity (Wildman–Crippen MR) is 82.4 cm³/mol. The molecule has 0 N–H and O–H groups in total. The number of ether oxygens (including phenoxy) is 2. The van der Waals surface area contributed by atoms with E-state index in [9.17, 15) is 9.59 Å². The van der Waals surface area contributed by atoms with Crippen LogP contribution < -0.4 is 0 Å². The first-order valence-electron chi connectivity index (χ1n) is 6.89. The summed E-state index contributed by atoms with van der Waals surface area (Å²) in [4.78, 5) is 24.1. The normalized spacial score (nSPS) is 17.2. The summed E-state index contributed by atoms with van der Waals surface area (Å²) in [5.74, 6) is 0.290. The van der Waals surface area contributed by atoms with Gasteiger partial charge in [0.05, 0.1) is 27.3 Å². The van der Waals surface area contributed by atoms with Crippen molar-refractivity contribution in [1.29, 1.82) is 0 Å². The van der Waals surface area contributed by atoms with E-state index in [0.717, 1.165) is 5.92 Å². The Morgan fingerprint density at radius 1 is 0.826 bits per heavy atom. The molecule has 0 aliphatic heterocycles. The van der Waals surface area contributed by atoms with Crippen molar-refractivity contribution in [1.82, 2.24) is 4.90 Å². The van der Waals surface area contributed by atoms with Gasteiger partial charge in [0.1, 0.15) is 0 Å². The molecule has 0 atom stereocenters. The van der Waals surface area contributed by atoms with E-state index in [4.69, 9.17) is 0 Å². The summed E-state index contributed by atoms with van der Waals surface area (Å²) in [6.45, 7) is 0.644. The van der Waals surface area contributed by atoms with Crippen LogP contribution in [0.2, 0.25) is 0 Å². The molecule has 5 nitrogen and oxygen atoms in total. The van der Waals surface area contributed by atoms with Crippen LogP contribution >= 0.6 is 0 Å². The molecule has 124 valence electrons. The summed E-state index contributed by atoms with van der Waals surface area (Å²) >= 11 is 0. The summed E-state index contributed by atoms with van der Waals surface area (Å²) in [5, 5.41) is 0. The Morgan fingerprint density at radius 3 is 1.57 bits per heavy atom. The zero-order chi connectivity index (χ0) is 16.2. The number of rotatable bonds is 6. The van der Waals surface area contributed by atoms with Crippen molar-refractivity contribution in [2.45, 2.75) is 0 Å². The van der Waals surface area contributed by atoms with E-state index in [1.807, 2.05) is 57.8 Å². The molecule has 2 aliphatic carbocycles. The van der Waals surface area contributed by atoms with E-state index in [-0.39, 0.29) is 42.1 Å². The maximum Gasteiger partial charge on any atom is 2.00 e. The SMILES string of the molecule is COC(=O)CN(C[C]1[CH][CH][CH][CH]1)CC(=O)OC.[CH]1[CH][CH][CH][CH]1.[Fe+2]. The molecule has 0 heterocycles. The quantitative estimate of drug-likeness (QED) is 0.524. The summed E-state index contributed by atoms with van der Waals surface area (Å²) in [5.41, 5.74) is 0. The van der Waals surface area contributed by atoms with Gasteiger partial charge in [-0.3, -0.25) is 14.5 Å². The molecular weight excluding hydrogens is 338 g/mol. The first-order chi connectivity index (χ1) is 10.7. The number of methoxy groups -OCH3 is 2. The van der Waals surface area contributed by atoms with Gasteiger partial charge in [-0.05, 0) is 63.7 Å². The Balaban J connectivity index is 0.000000684. The Kier molecular flexibility index (Phi) is 13.5. The molecule has 0 unspecified atom stereocenters. The first kappa shape index (κ1) is 22.4. The second kappa shape index (κ2) is 13.8. The number of nitrogens with zero attached hydrogens (tertiary/aromatic N) is 1. The standard InChI is InChI=1S/C12H16NO4.C5H5.Fe/c1-16-11(14)8-13(9-12(15)17-2)7-10-5-3-4-6-10;1-2-4-5-3-1;/h3-6H,7-9H2,1-2H3;1-5H;/q;;+2. The Bertz CT molecular complexity index is 303. The monoisotopic (exact) mass is 359 g/mol. The number of hydrogen-bond acceptors (Lipinski definition) is 5. The van der Waals surface area contributed by atoms with E-state index in [0.29, 0.717) is 6.54 Å². The minimum atomic E-state index is -0.375. The number of carbonyl (C=O) groups is 2. The third-order valence-corrected chi connectivity index (χ3v) is 2.85. The molecule has 23 heavy (non-hydrogen) atoms. The molecular formula is C17H21FeNO4+2. The van der Waals surface area contributed by atoms with Crippen molar-refractivity contribution in [2.24, 2.45) is 0 Å². The van der Waals surface area contributed by atoms with Gasteiger partial charge in [-0.2, -0.15) is 0 Å². The van der Waals surface area contributed by atoms with Crippen molar-refractivity contribution in [2.75, 3.05) is 33.9 Å². The van der Waals surface area contributed by atoms with Crippen molar-refractivity contribution < 1.29 is 36.1 Å².